The van der Waals surface area contributed by atoms with Gasteiger partial charge in [0.1, 0.15) is 11.3 Å². The van der Waals surface area contributed by atoms with Crippen molar-refractivity contribution < 1.29 is 27.4 Å². The molecule has 2 N–H and O–H groups in total. The second-order valence-electron chi connectivity index (χ2n) is 6.70. The predicted molar refractivity (Wildman–Crippen MR) is 119 cm³/mol. The van der Waals surface area contributed by atoms with Crippen molar-refractivity contribution in [3.8, 4) is 5.75 Å². The molecule has 170 valence electrons. The number of likely N-dealkylation sites (tertiary alicyclic amines) is 1. The van der Waals surface area contributed by atoms with Crippen LogP contribution in [0, 0.1) is 0 Å². The third-order valence-corrected chi connectivity index (χ3v) is 4.45. The van der Waals surface area contributed by atoms with E-state index in [1.54, 1.807) is 18.2 Å². The molecule has 1 aromatic carbocycles. The molecule has 1 atom stereocenters. The minimum atomic E-state index is -4.20. The van der Waals surface area contributed by atoms with Gasteiger partial charge in [0, 0.05) is 25.7 Å². The van der Waals surface area contributed by atoms with E-state index >= 15 is 0 Å². The first-order chi connectivity index (χ1) is 13.8. The van der Waals surface area contributed by atoms with Crippen LogP contribution in [0.5, 0.6) is 5.75 Å². The number of rotatable bonds is 7. The van der Waals surface area contributed by atoms with E-state index in [0.29, 0.717) is 43.3 Å². The first-order valence-electron chi connectivity index (χ1n) is 9.35. The van der Waals surface area contributed by atoms with Crippen molar-refractivity contribution in [1.29, 1.82) is 0 Å². The number of guanidine groups is 1. The summed E-state index contributed by atoms with van der Waals surface area (Å²) in [6, 6.07) is 5.00. The van der Waals surface area contributed by atoms with Gasteiger partial charge in [0.15, 0.2) is 5.96 Å². The monoisotopic (exact) mass is 544 g/mol. The average Bonchev–Trinajstić information content (AvgIpc) is 3.10. The van der Waals surface area contributed by atoms with E-state index in [1.807, 2.05) is 6.92 Å². The number of aliphatic imine (C=N–C) groups is 1. The van der Waals surface area contributed by atoms with E-state index in [9.17, 15) is 18.0 Å². The molecule has 11 heteroatoms. The van der Waals surface area contributed by atoms with Crippen molar-refractivity contribution in [2.24, 2.45) is 4.99 Å². The quantitative estimate of drug-likeness (QED) is 0.238. The summed E-state index contributed by atoms with van der Waals surface area (Å²) >= 11 is 0. The number of ether oxygens (including phenoxy) is 2. The lowest BCUT2D eigenvalue weighted by Crippen LogP contribution is -2.45. The highest BCUT2D eigenvalue weighted by molar-refractivity contribution is 14.0. The number of carbonyl (C=O) groups excluding carboxylic acids is 1. The fraction of sp³-hybridized carbons (Fsp3) is 0.579. The fourth-order valence-corrected chi connectivity index (χ4v) is 3.15. The molecule has 7 nitrogen and oxygen atoms in total. The molecule has 0 bridgehead atoms. The fourth-order valence-electron chi connectivity index (χ4n) is 3.15. The molecule has 0 saturated carbocycles. The second kappa shape index (κ2) is 12.2. The summed E-state index contributed by atoms with van der Waals surface area (Å²) in [5, 5.41) is 6.28. The summed E-state index contributed by atoms with van der Waals surface area (Å²) in [5.74, 6) is 0.417. The summed E-state index contributed by atoms with van der Waals surface area (Å²) in [6.45, 7) is 2.59. The number of nitrogens with one attached hydrogen (secondary N) is 2. The number of hydrogen-bond donors (Lipinski definition) is 2. The lowest BCUT2D eigenvalue weighted by atomic mass is 10.1. The SMILES string of the molecule is CCNC(=NCc1ccc(OC)c(C(=O)OC)c1)NC1CCN(CC(F)(F)F)C1.I. The molecular formula is C19H28F3IN4O3. The second-order valence-corrected chi connectivity index (χ2v) is 6.70. The van der Waals surface area contributed by atoms with Crippen LogP contribution in [0.25, 0.3) is 0 Å². The van der Waals surface area contributed by atoms with Crippen molar-refractivity contribution in [1.82, 2.24) is 15.5 Å². The van der Waals surface area contributed by atoms with E-state index in [2.05, 4.69) is 15.6 Å². The number of alkyl halides is 3. The van der Waals surface area contributed by atoms with Gasteiger partial charge >= 0.3 is 12.1 Å². The molecule has 1 saturated heterocycles. The number of halogens is 4. The van der Waals surface area contributed by atoms with Gasteiger partial charge in [-0.1, -0.05) is 6.07 Å². The largest absolute Gasteiger partial charge is 0.496 e. The highest BCUT2D eigenvalue weighted by Crippen LogP contribution is 2.22. The first kappa shape index (κ1) is 26.3. The molecule has 0 spiro atoms. The molecule has 1 aromatic rings. The minimum Gasteiger partial charge on any atom is -0.496 e. The Morgan fingerprint density at radius 2 is 2.07 bits per heavy atom. The number of hydrogen-bond acceptors (Lipinski definition) is 5. The van der Waals surface area contributed by atoms with Crippen LogP contribution in [0.1, 0.15) is 29.3 Å². The minimum absolute atomic E-state index is 0. The lowest BCUT2D eigenvalue weighted by Gasteiger charge is -2.19. The Bertz CT molecular complexity index is 731. The van der Waals surface area contributed by atoms with Gasteiger partial charge < -0.3 is 20.1 Å². The maximum Gasteiger partial charge on any atom is 0.401 e. The van der Waals surface area contributed by atoms with Crippen LogP contribution in [0.15, 0.2) is 23.2 Å². The zero-order chi connectivity index (χ0) is 21.4. The summed E-state index contributed by atoms with van der Waals surface area (Å²) in [4.78, 5) is 17.8. The Morgan fingerprint density at radius 1 is 1.33 bits per heavy atom. The lowest BCUT2D eigenvalue weighted by molar-refractivity contribution is -0.143. The summed E-state index contributed by atoms with van der Waals surface area (Å²) in [5.41, 5.74) is 1.08. The van der Waals surface area contributed by atoms with Crippen LogP contribution in [0.3, 0.4) is 0 Å². The zero-order valence-corrected chi connectivity index (χ0v) is 19.5. The molecule has 1 aliphatic heterocycles. The van der Waals surface area contributed by atoms with Crippen molar-refractivity contribution in [2.45, 2.75) is 32.1 Å². The third kappa shape index (κ3) is 8.17. The van der Waals surface area contributed by atoms with E-state index < -0.39 is 18.7 Å². The first-order valence-corrected chi connectivity index (χ1v) is 9.35. The van der Waals surface area contributed by atoms with Gasteiger partial charge in [-0.2, -0.15) is 13.2 Å². The van der Waals surface area contributed by atoms with Gasteiger partial charge in [-0.05, 0) is 31.0 Å². The number of nitrogens with zero attached hydrogens (tertiary/aromatic N) is 2. The van der Waals surface area contributed by atoms with E-state index in [1.165, 1.54) is 19.1 Å². The van der Waals surface area contributed by atoms with Crippen molar-refractivity contribution in [2.75, 3.05) is 40.4 Å². The van der Waals surface area contributed by atoms with Crippen molar-refractivity contribution in [3.05, 3.63) is 29.3 Å². The van der Waals surface area contributed by atoms with Crippen LogP contribution in [-0.2, 0) is 11.3 Å². The Labute approximate surface area is 191 Å². The number of carbonyl (C=O) groups is 1. The smallest absolute Gasteiger partial charge is 0.401 e. The molecule has 1 fully saturated rings. The maximum atomic E-state index is 12.6. The van der Waals surface area contributed by atoms with Crippen LogP contribution in [0.2, 0.25) is 0 Å². The third-order valence-electron chi connectivity index (χ3n) is 4.45. The van der Waals surface area contributed by atoms with Crippen molar-refractivity contribution >= 4 is 35.9 Å². The Balaban J connectivity index is 0.00000450. The standard InChI is InChI=1S/C19H27F3N4O3.HI/c1-4-23-18(25-14-7-8-26(11-14)12-19(20,21)22)24-10-13-5-6-16(28-2)15(9-13)17(27)29-3;/h5-6,9,14H,4,7-8,10-12H2,1-3H3,(H2,23,24,25);1H. The zero-order valence-electron chi connectivity index (χ0n) is 17.2. The summed E-state index contributed by atoms with van der Waals surface area (Å²) in [6.07, 6.45) is -3.59. The Kier molecular flexibility index (Phi) is 10.7. The molecule has 2 rings (SSSR count). The molecule has 0 amide bonds. The molecule has 30 heavy (non-hydrogen) atoms. The van der Waals surface area contributed by atoms with E-state index in [-0.39, 0.29) is 36.6 Å². The molecule has 1 aliphatic rings. The number of esters is 1. The van der Waals surface area contributed by atoms with Crippen LogP contribution < -0.4 is 15.4 Å². The number of methoxy groups -OCH3 is 2. The van der Waals surface area contributed by atoms with Gasteiger partial charge in [0.25, 0.3) is 0 Å². The normalized spacial score (nSPS) is 17.3. The van der Waals surface area contributed by atoms with E-state index in [4.69, 9.17) is 9.47 Å². The average molecular weight is 544 g/mol. The topological polar surface area (TPSA) is 75.2 Å². The molecule has 1 unspecified atom stereocenters. The molecule has 0 radical (unpaired) electrons. The maximum absolute atomic E-state index is 12.6. The van der Waals surface area contributed by atoms with Gasteiger partial charge in [-0.3, -0.25) is 4.90 Å². The van der Waals surface area contributed by atoms with Gasteiger partial charge in [0.05, 0.1) is 27.3 Å². The van der Waals surface area contributed by atoms with Gasteiger partial charge in [-0.25, -0.2) is 9.79 Å². The molecular weight excluding hydrogens is 516 g/mol. The highest BCUT2D eigenvalue weighted by atomic mass is 127. The van der Waals surface area contributed by atoms with Gasteiger partial charge in [-0.15, -0.1) is 24.0 Å². The Hall–Kier alpha value is -1.76. The Morgan fingerprint density at radius 3 is 2.67 bits per heavy atom. The van der Waals surface area contributed by atoms with Crippen LogP contribution in [-0.4, -0.2) is 69.4 Å². The molecule has 0 aliphatic carbocycles. The van der Waals surface area contributed by atoms with Crippen LogP contribution in [0.4, 0.5) is 13.2 Å². The van der Waals surface area contributed by atoms with Crippen molar-refractivity contribution in [3.63, 3.8) is 0 Å². The van der Waals surface area contributed by atoms with Crippen LogP contribution >= 0.6 is 24.0 Å². The summed E-state index contributed by atoms with van der Waals surface area (Å²) in [7, 11) is 2.76. The highest BCUT2D eigenvalue weighted by Gasteiger charge is 2.34. The molecule has 1 heterocycles. The van der Waals surface area contributed by atoms with Gasteiger partial charge in [0.2, 0.25) is 0 Å². The van der Waals surface area contributed by atoms with E-state index in [0.717, 1.165) is 5.56 Å². The summed E-state index contributed by atoms with van der Waals surface area (Å²) < 4.78 is 47.6. The predicted octanol–water partition coefficient (Wildman–Crippen LogP) is 2.79. The number of benzene rings is 1. The molecule has 0 aromatic heterocycles.